The van der Waals surface area contributed by atoms with Crippen molar-refractivity contribution in [2.24, 2.45) is 0 Å². The molecule has 5 heteroatoms. The van der Waals surface area contributed by atoms with E-state index in [0.717, 1.165) is 36.8 Å². The number of aryl methyl sites for hydroxylation is 4. The van der Waals surface area contributed by atoms with Crippen LogP contribution >= 0.6 is 0 Å². The Morgan fingerprint density at radius 2 is 1.58 bits per heavy atom. The van der Waals surface area contributed by atoms with Crippen LogP contribution in [0.25, 0.3) is 0 Å². The topological polar surface area (TPSA) is 56.8 Å². The molecule has 4 aliphatic rings. The first kappa shape index (κ1) is 18.3. The van der Waals surface area contributed by atoms with Crippen LogP contribution in [0.5, 0.6) is 5.75 Å². The minimum atomic E-state index is -0.469. The maximum Gasteiger partial charge on any atom is 0.411 e. The van der Waals surface area contributed by atoms with Crippen LogP contribution in [0.3, 0.4) is 0 Å². The van der Waals surface area contributed by atoms with E-state index in [1.165, 1.54) is 11.1 Å². The summed E-state index contributed by atoms with van der Waals surface area (Å²) < 4.78 is 16.0. The normalized spacial score (nSPS) is 13.0. The fourth-order valence-corrected chi connectivity index (χ4v) is 3.19. The maximum atomic E-state index is 12.1. The van der Waals surface area contributed by atoms with Gasteiger partial charge in [0.15, 0.2) is 6.79 Å². The number of hydrogen-bond acceptors (Lipinski definition) is 4. The molecule has 2 aromatic rings. The molecule has 2 aromatic carbocycles. The number of hydrogen-bond donors (Lipinski definition) is 1. The predicted octanol–water partition coefficient (Wildman–Crippen LogP) is 4.12. The summed E-state index contributed by atoms with van der Waals surface area (Å²) >= 11 is 0. The molecule has 0 saturated heterocycles. The SMILES string of the molecule is CCOC(=O)Nc1c2ccc(c1OCOC)CCc1ccc(cc1)CC2. The summed E-state index contributed by atoms with van der Waals surface area (Å²) in [6.45, 7) is 2.23. The molecular weight excluding hydrogens is 330 g/mol. The van der Waals surface area contributed by atoms with E-state index in [4.69, 9.17) is 14.2 Å². The molecule has 0 heterocycles. The lowest BCUT2D eigenvalue weighted by Crippen LogP contribution is -2.17. The van der Waals surface area contributed by atoms with Crippen molar-refractivity contribution >= 4 is 11.8 Å². The zero-order chi connectivity index (χ0) is 18.4. The van der Waals surface area contributed by atoms with Gasteiger partial charge in [-0.3, -0.25) is 5.32 Å². The van der Waals surface area contributed by atoms with E-state index < -0.39 is 6.09 Å². The summed E-state index contributed by atoms with van der Waals surface area (Å²) in [6, 6.07) is 12.9. The fraction of sp³-hybridized carbons (Fsp3) is 0.381. The predicted molar refractivity (Wildman–Crippen MR) is 101 cm³/mol. The van der Waals surface area contributed by atoms with Gasteiger partial charge in [-0.2, -0.15) is 0 Å². The van der Waals surface area contributed by atoms with Crippen LogP contribution in [0.15, 0.2) is 36.4 Å². The molecule has 26 heavy (non-hydrogen) atoms. The quantitative estimate of drug-likeness (QED) is 0.820. The lowest BCUT2D eigenvalue weighted by Gasteiger charge is -2.20. The third-order valence-corrected chi connectivity index (χ3v) is 4.54. The maximum absolute atomic E-state index is 12.1. The van der Waals surface area contributed by atoms with Crippen LogP contribution < -0.4 is 10.1 Å². The Morgan fingerprint density at radius 3 is 2.19 bits per heavy atom. The number of amides is 1. The number of nitrogens with one attached hydrogen (secondary N) is 1. The zero-order valence-corrected chi connectivity index (χ0v) is 15.3. The standard InChI is InChI=1S/C21H25NO4/c1-3-25-21(23)22-19-17-10-8-15-4-6-16(7-5-15)9-11-18(13-12-17)20(19)26-14-24-2/h4-7,12-13H,3,8-11,14H2,1-2H3,(H,22,23). The Bertz CT molecular complexity index is 755. The van der Waals surface area contributed by atoms with Gasteiger partial charge < -0.3 is 14.2 Å². The van der Waals surface area contributed by atoms with Crippen molar-refractivity contribution in [3.8, 4) is 5.75 Å². The van der Waals surface area contributed by atoms with E-state index in [-0.39, 0.29) is 6.79 Å². The monoisotopic (exact) mass is 355 g/mol. The van der Waals surface area contributed by atoms with Gasteiger partial charge >= 0.3 is 6.09 Å². The lowest BCUT2D eigenvalue weighted by atomic mass is 9.94. The van der Waals surface area contributed by atoms with Crippen molar-refractivity contribution in [2.45, 2.75) is 32.6 Å². The van der Waals surface area contributed by atoms with Crippen molar-refractivity contribution in [2.75, 3.05) is 25.8 Å². The smallest absolute Gasteiger partial charge is 0.411 e. The van der Waals surface area contributed by atoms with E-state index in [0.29, 0.717) is 18.0 Å². The first-order chi connectivity index (χ1) is 12.7. The Balaban J connectivity index is 2.00. The van der Waals surface area contributed by atoms with Gasteiger partial charge in [0.05, 0.1) is 12.3 Å². The van der Waals surface area contributed by atoms with E-state index in [2.05, 4.69) is 41.7 Å². The minimum Gasteiger partial charge on any atom is -0.465 e. The van der Waals surface area contributed by atoms with Gasteiger partial charge in [-0.05, 0) is 54.9 Å². The van der Waals surface area contributed by atoms with Crippen LogP contribution in [0, 0.1) is 0 Å². The molecule has 4 aliphatic carbocycles. The molecule has 0 spiro atoms. The molecule has 6 rings (SSSR count). The molecule has 0 saturated carbocycles. The molecule has 0 radical (unpaired) electrons. The van der Waals surface area contributed by atoms with Gasteiger partial charge in [0.1, 0.15) is 5.75 Å². The Kier molecular flexibility index (Phi) is 6.12. The third-order valence-electron chi connectivity index (χ3n) is 4.54. The van der Waals surface area contributed by atoms with Crippen LogP contribution in [0.4, 0.5) is 10.5 Å². The Morgan fingerprint density at radius 1 is 0.962 bits per heavy atom. The molecule has 0 aromatic heterocycles. The van der Waals surface area contributed by atoms with Gasteiger partial charge in [-0.1, -0.05) is 36.4 Å². The molecule has 5 nitrogen and oxygen atoms in total. The summed E-state index contributed by atoms with van der Waals surface area (Å²) in [5.74, 6) is 0.674. The van der Waals surface area contributed by atoms with Crippen LogP contribution in [-0.4, -0.2) is 26.6 Å². The zero-order valence-electron chi connectivity index (χ0n) is 15.3. The van der Waals surface area contributed by atoms with Gasteiger partial charge in [-0.15, -0.1) is 0 Å². The molecule has 4 bridgehead atoms. The number of carbonyl (C=O) groups is 1. The Labute approximate surface area is 154 Å². The van der Waals surface area contributed by atoms with Gasteiger partial charge in [-0.25, -0.2) is 4.79 Å². The largest absolute Gasteiger partial charge is 0.465 e. The first-order valence-corrected chi connectivity index (χ1v) is 8.99. The summed E-state index contributed by atoms with van der Waals surface area (Å²) in [5.41, 5.74) is 5.32. The number of methoxy groups -OCH3 is 1. The van der Waals surface area contributed by atoms with Gasteiger partial charge in [0.2, 0.25) is 0 Å². The van der Waals surface area contributed by atoms with Crippen molar-refractivity contribution in [1.82, 2.24) is 0 Å². The Hall–Kier alpha value is -2.53. The molecular formula is C21H25NO4. The van der Waals surface area contributed by atoms with E-state index >= 15 is 0 Å². The number of ether oxygens (including phenoxy) is 3. The number of rotatable bonds is 5. The second kappa shape index (κ2) is 8.72. The molecule has 0 fully saturated rings. The number of anilines is 1. The summed E-state index contributed by atoms with van der Waals surface area (Å²) in [4.78, 5) is 12.1. The van der Waals surface area contributed by atoms with E-state index in [1.807, 2.05) is 0 Å². The van der Waals surface area contributed by atoms with Crippen LogP contribution in [0.2, 0.25) is 0 Å². The average Bonchev–Trinajstić information content (AvgIpc) is 2.64. The summed E-state index contributed by atoms with van der Waals surface area (Å²) in [7, 11) is 1.58. The minimum absolute atomic E-state index is 0.127. The highest BCUT2D eigenvalue weighted by atomic mass is 16.7. The number of carbonyl (C=O) groups excluding carboxylic acids is 1. The van der Waals surface area contributed by atoms with E-state index in [9.17, 15) is 4.79 Å². The summed E-state index contributed by atoms with van der Waals surface area (Å²) in [6.07, 6.45) is 2.94. The molecule has 0 aliphatic heterocycles. The molecule has 138 valence electrons. The third kappa shape index (κ3) is 4.35. The highest BCUT2D eigenvalue weighted by Gasteiger charge is 2.19. The summed E-state index contributed by atoms with van der Waals surface area (Å²) in [5, 5.41) is 2.88. The fourth-order valence-electron chi connectivity index (χ4n) is 3.19. The number of benzene rings is 2. The molecule has 1 N–H and O–H groups in total. The van der Waals surface area contributed by atoms with E-state index in [1.54, 1.807) is 14.0 Å². The highest BCUT2D eigenvalue weighted by Crippen LogP contribution is 2.35. The van der Waals surface area contributed by atoms with Gasteiger partial charge in [0, 0.05) is 7.11 Å². The van der Waals surface area contributed by atoms with Crippen LogP contribution in [0.1, 0.15) is 29.2 Å². The first-order valence-electron chi connectivity index (χ1n) is 8.99. The van der Waals surface area contributed by atoms with Crippen LogP contribution in [-0.2, 0) is 35.2 Å². The van der Waals surface area contributed by atoms with Crippen molar-refractivity contribution in [1.29, 1.82) is 0 Å². The molecule has 0 unspecified atom stereocenters. The molecule has 1 amide bonds. The van der Waals surface area contributed by atoms with Gasteiger partial charge in [0.25, 0.3) is 0 Å². The second-order valence-corrected chi connectivity index (χ2v) is 6.30. The molecule has 0 atom stereocenters. The highest BCUT2D eigenvalue weighted by molar-refractivity contribution is 5.88. The second-order valence-electron chi connectivity index (χ2n) is 6.30. The van der Waals surface area contributed by atoms with Crippen molar-refractivity contribution < 1.29 is 19.0 Å². The van der Waals surface area contributed by atoms with Crippen molar-refractivity contribution in [3.63, 3.8) is 0 Å². The average molecular weight is 355 g/mol. The van der Waals surface area contributed by atoms with Crippen molar-refractivity contribution in [3.05, 3.63) is 58.7 Å². The lowest BCUT2D eigenvalue weighted by molar-refractivity contribution is 0.0508.